The van der Waals surface area contributed by atoms with Crippen molar-refractivity contribution in [3.63, 3.8) is 0 Å². The number of benzene rings is 2. The molecule has 0 unspecified atom stereocenters. The highest BCUT2D eigenvalue weighted by molar-refractivity contribution is 7.91. The van der Waals surface area contributed by atoms with Gasteiger partial charge in [-0.3, -0.25) is 19.8 Å². The van der Waals surface area contributed by atoms with Gasteiger partial charge < -0.3 is 9.47 Å². The molecule has 4 aliphatic rings. The minimum absolute atomic E-state index is 0.0737. The van der Waals surface area contributed by atoms with Gasteiger partial charge >= 0.3 is 12.4 Å². The van der Waals surface area contributed by atoms with Crippen molar-refractivity contribution in [2.75, 3.05) is 26.3 Å². The lowest BCUT2D eigenvalue weighted by Gasteiger charge is -2.46. The maximum Gasteiger partial charge on any atom is 0.391 e. The van der Waals surface area contributed by atoms with Crippen LogP contribution in [0.4, 0.5) is 35.1 Å². The Morgan fingerprint density at radius 2 is 1.00 bits per heavy atom. The van der Waals surface area contributed by atoms with Gasteiger partial charge in [-0.15, -0.1) is 22.7 Å². The summed E-state index contributed by atoms with van der Waals surface area (Å²) >= 11 is 2.32. The molecule has 4 aliphatic heterocycles. The monoisotopic (exact) mass is 1080 g/mol. The Labute approximate surface area is 417 Å². The van der Waals surface area contributed by atoms with E-state index in [1.807, 2.05) is 9.80 Å². The Morgan fingerprint density at radius 1 is 0.583 bits per heavy atom. The van der Waals surface area contributed by atoms with E-state index in [4.69, 9.17) is 9.47 Å². The minimum Gasteiger partial charge on any atom is -0.493 e. The van der Waals surface area contributed by atoms with Crippen LogP contribution in [0.3, 0.4) is 0 Å². The van der Waals surface area contributed by atoms with Crippen LogP contribution >= 0.6 is 22.7 Å². The van der Waals surface area contributed by atoms with E-state index in [1.165, 1.54) is 24.5 Å². The number of likely N-dealkylation sites (tertiary alicyclic amines) is 2. The van der Waals surface area contributed by atoms with Crippen LogP contribution < -0.4 is 9.47 Å². The van der Waals surface area contributed by atoms with E-state index in [-0.39, 0.29) is 63.5 Å². The first kappa shape index (κ1) is 51.7. The Kier molecular flexibility index (Phi) is 15.1. The molecule has 0 radical (unpaired) electrons. The number of fused-ring (bicyclic) bond motifs is 2. The van der Waals surface area contributed by atoms with E-state index >= 15 is 8.78 Å². The molecular formula is C48H46F8N6O6S4. The van der Waals surface area contributed by atoms with Crippen molar-refractivity contribution in [3.8, 4) is 11.5 Å². The van der Waals surface area contributed by atoms with Crippen LogP contribution in [0.25, 0.3) is 0 Å². The molecule has 8 heterocycles. The maximum atomic E-state index is 15.3. The molecule has 12 nitrogen and oxygen atoms in total. The quantitative estimate of drug-likeness (QED) is 0.120. The molecule has 72 heavy (non-hydrogen) atoms. The van der Waals surface area contributed by atoms with Crippen LogP contribution in [0.2, 0.25) is 0 Å². The van der Waals surface area contributed by atoms with E-state index in [0.29, 0.717) is 45.1 Å². The normalized spacial score (nSPS) is 23.2. The zero-order valence-electron chi connectivity index (χ0n) is 38.0. The van der Waals surface area contributed by atoms with Crippen molar-refractivity contribution in [3.05, 3.63) is 140 Å². The molecule has 384 valence electrons. The molecule has 10 rings (SSSR count). The Hall–Kier alpha value is -5.14. The second kappa shape index (κ2) is 21.0. The van der Waals surface area contributed by atoms with E-state index in [9.17, 15) is 43.2 Å². The molecule has 2 aromatic carbocycles. The number of pyridine rings is 2. The highest BCUT2D eigenvalue weighted by atomic mass is 32.2. The fourth-order valence-electron chi connectivity index (χ4n) is 10.1. The van der Waals surface area contributed by atoms with Crippen molar-refractivity contribution in [2.24, 2.45) is 11.8 Å². The van der Waals surface area contributed by atoms with Crippen molar-refractivity contribution in [2.45, 2.75) is 96.3 Å². The predicted octanol–water partition coefficient (Wildman–Crippen LogP) is 11.0. The number of alkyl halides is 6. The standard InChI is InChI=1S/2C24H23F4N3O3S2/c2*25-18-11-17-19(4-8-34-21(17)12-22(18)36(32,33)14-23-30-6-9-35-23)31-7-3-16(24(26,27)28)10-20(31)15-2-1-5-29-13-15/h2*1-2,5-6,9,11-13,16,19-20H,3-4,7-8,10,14H2/t16-,19+,20+;16-,19-,20+/m11/s1. The SMILES string of the molecule is O=S(=O)(Cc1nccs1)c1cc2c(cc1F)[C@@H](N1CC[C@@H](C(F)(F)F)C[C@H]1c1cccnc1)CCO2.O=S(=O)(Cc1nccs1)c1cc2c(cc1F)[C@H](N1CC[C@@H](C(F)(F)F)C[C@H]1c1cccnc1)CCO2. The number of thiazole rings is 2. The number of rotatable bonds is 10. The van der Waals surface area contributed by atoms with Gasteiger partial charge in [-0.1, -0.05) is 12.1 Å². The Morgan fingerprint density at radius 3 is 1.35 bits per heavy atom. The van der Waals surface area contributed by atoms with Gasteiger partial charge in [-0.05, 0) is 74.2 Å². The van der Waals surface area contributed by atoms with Gasteiger partial charge in [-0.2, -0.15) is 26.3 Å². The van der Waals surface area contributed by atoms with Crippen LogP contribution in [0.1, 0.15) is 95.0 Å². The zero-order valence-corrected chi connectivity index (χ0v) is 41.2. The number of ether oxygens (including phenoxy) is 2. The molecule has 24 heteroatoms. The third-order valence-corrected chi connectivity index (χ3v) is 18.8. The van der Waals surface area contributed by atoms with Crippen molar-refractivity contribution in [1.82, 2.24) is 29.7 Å². The number of hydrogen-bond donors (Lipinski definition) is 0. The van der Waals surface area contributed by atoms with E-state index in [0.717, 1.165) is 34.8 Å². The number of halogens is 8. The molecule has 6 atom stereocenters. The molecule has 0 amide bonds. The first-order valence-corrected chi connectivity index (χ1v) is 27.9. The van der Waals surface area contributed by atoms with E-state index in [1.54, 1.807) is 59.8 Å². The third kappa shape index (κ3) is 11.3. The summed E-state index contributed by atoms with van der Waals surface area (Å²) in [5.74, 6) is -5.13. The van der Waals surface area contributed by atoms with Crippen LogP contribution in [0.15, 0.2) is 106 Å². The summed E-state index contributed by atoms with van der Waals surface area (Å²) in [6.45, 7) is 0.765. The summed E-state index contributed by atoms with van der Waals surface area (Å²) in [6, 6.07) is 9.55. The number of nitrogens with zero attached hydrogens (tertiary/aromatic N) is 6. The lowest BCUT2D eigenvalue weighted by Crippen LogP contribution is -2.44. The predicted molar refractivity (Wildman–Crippen MR) is 249 cm³/mol. The molecule has 4 aromatic heterocycles. The van der Waals surface area contributed by atoms with Gasteiger partial charge in [0.1, 0.15) is 54.4 Å². The molecule has 2 saturated heterocycles. The molecule has 6 aromatic rings. The second-order valence-electron chi connectivity index (χ2n) is 17.9. The van der Waals surface area contributed by atoms with Crippen molar-refractivity contribution in [1.29, 1.82) is 0 Å². The third-order valence-electron chi connectivity index (χ3n) is 13.6. The molecule has 0 aliphatic carbocycles. The number of hydrogen-bond acceptors (Lipinski definition) is 14. The largest absolute Gasteiger partial charge is 0.493 e. The van der Waals surface area contributed by atoms with Crippen molar-refractivity contribution < 1.29 is 61.4 Å². The topological polar surface area (TPSA) is 145 Å². The van der Waals surface area contributed by atoms with Gasteiger partial charge in [0.05, 0.1) is 25.0 Å². The highest BCUT2D eigenvalue weighted by Crippen LogP contribution is 2.50. The van der Waals surface area contributed by atoms with Crippen LogP contribution in [-0.4, -0.2) is 85.2 Å². The average molecular weight is 1080 g/mol. The van der Waals surface area contributed by atoms with Gasteiger partial charge in [0.2, 0.25) is 0 Å². The summed E-state index contributed by atoms with van der Waals surface area (Å²) in [6.07, 6.45) is 1.03. The number of sulfone groups is 2. The molecule has 0 spiro atoms. The Bertz CT molecular complexity index is 2840. The van der Waals surface area contributed by atoms with Gasteiger partial charge in [0.15, 0.2) is 19.7 Å². The maximum absolute atomic E-state index is 15.3. The fourth-order valence-corrected chi connectivity index (χ4v) is 14.8. The number of aromatic nitrogens is 4. The van der Waals surface area contributed by atoms with E-state index in [2.05, 4.69) is 19.9 Å². The summed E-state index contributed by atoms with van der Waals surface area (Å²) in [4.78, 5) is 19.1. The van der Waals surface area contributed by atoms with Crippen molar-refractivity contribution >= 4 is 42.3 Å². The average Bonchev–Trinajstić information content (AvgIpc) is 4.07. The first-order chi connectivity index (χ1) is 34.3. The van der Waals surface area contributed by atoms with Crippen LogP contribution in [-0.2, 0) is 31.2 Å². The lowest BCUT2D eigenvalue weighted by atomic mass is 9.84. The first-order valence-electron chi connectivity index (χ1n) is 22.9. The molecule has 2 fully saturated rings. The smallest absolute Gasteiger partial charge is 0.391 e. The highest BCUT2D eigenvalue weighted by Gasteiger charge is 2.48. The molecule has 0 N–H and O–H groups in total. The Balaban J connectivity index is 0.000000178. The van der Waals surface area contributed by atoms with Gasteiger partial charge in [0.25, 0.3) is 0 Å². The van der Waals surface area contributed by atoms with E-state index < -0.39 is 101 Å². The number of piperidine rings is 2. The van der Waals surface area contributed by atoms with Crippen LogP contribution in [0.5, 0.6) is 11.5 Å². The zero-order chi connectivity index (χ0) is 51.0. The molecular weight excluding hydrogens is 1040 g/mol. The summed E-state index contributed by atoms with van der Waals surface area (Å²) < 4.78 is 175. The summed E-state index contributed by atoms with van der Waals surface area (Å²) in [5, 5.41) is 3.97. The lowest BCUT2D eigenvalue weighted by molar-refractivity contribution is -0.193. The van der Waals surface area contributed by atoms with Crippen LogP contribution in [0, 0.1) is 23.5 Å². The van der Waals surface area contributed by atoms with Gasteiger partial charge in [-0.25, -0.2) is 35.6 Å². The minimum atomic E-state index is -4.31. The molecule has 0 saturated carbocycles. The molecule has 0 bridgehead atoms. The fraction of sp³-hybridized carbons (Fsp3) is 0.417. The second-order valence-corrected chi connectivity index (χ2v) is 23.8. The van der Waals surface area contributed by atoms with Gasteiger partial charge in [0, 0.05) is 108 Å². The summed E-state index contributed by atoms with van der Waals surface area (Å²) in [7, 11) is -8.04. The summed E-state index contributed by atoms with van der Waals surface area (Å²) in [5.41, 5.74) is 2.18.